The number of nitrogens with one attached hydrogen (secondary N) is 1. The average Bonchev–Trinajstić information content (AvgIpc) is 2.47. The van der Waals surface area contributed by atoms with Gasteiger partial charge in [0.05, 0.1) is 4.90 Å². The van der Waals surface area contributed by atoms with Gasteiger partial charge in [-0.2, -0.15) is 0 Å². The normalized spacial score (nSPS) is 12.7. The van der Waals surface area contributed by atoms with E-state index in [4.69, 9.17) is 11.6 Å². The summed E-state index contributed by atoms with van der Waals surface area (Å²) in [6.45, 7) is 0. The van der Waals surface area contributed by atoms with Gasteiger partial charge in [0.25, 0.3) is 0 Å². The zero-order chi connectivity index (χ0) is 15.5. The van der Waals surface area contributed by atoms with Crippen molar-refractivity contribution in [1.29, 1.82) is 0 Å². The fourth-order valence-electron chi connectivity index (χ4n) is 1.78. The summed E-state index contributed by atoms with van der Waals surface area (Å²) in [6, 6.07) is 15.0. The Morgan fingerprint density at radius 3 is 2.38 bits per heavy atom. The van der Waals surface area contributed by atoms with Crippen molar-refractivity contribution in [2.75, 3.05) is 11.6 Å². The molecule has 21 heavy (non-hydrogen) atoms. The first kappa shape index (κ1) is 15.5. The van der Waals surface area contributed by atoms with Crippen molar-refractivity contribution < 1.29 is 13.2 Å². The van der Waals surface area contributed by atoms with Crippen LogP contribution in [0.5, 0.6) is 0 Å². The highest BCUT2D eigenvalue weighted by Gasteiger charge is 2.18. The zero-order valence-electron chi connectivity index (χ0n) is 11.3. The number of sulfone groups is 1. The van der Waals surface area contributed by atoms with Crippen molar-refractivity contribution >= 4 is 33.0 Å². The Morgan fingerprint density at radius 2 is 1.76 bits per heavy atom. The minimum Gasteiger partial charge on any atom is -0.324 e. The van der Waals surface area contributed by atoms with E-state index in [0.717, 1.165) is 6.26 Å². The molecule has 0 aliphatic heterocycles. The molecule has 1 N–H and O–H groups in total. The van der Waals surface area contributed by atoms with Gasteiger partial charge in [-0.3, -0.25) is 4.79 Å². The van der Waals surface area contributed by atoms with Gasteiger partial charge in [-0.05, 0) is 23.8 Å². The summed E-state index contributed by atoms with van der Waals surface area (Å²) in [6.07, 6.45) is 1.11. The van der Waals surface area contributed by atoms with Crippen LogP contribution in [0.1, 0.15) is 10.9 Å². The van der Waals surface area contributed by atoms with Crippen LogP contribution >= 0.6 is 11.6 Å². The highest BCUT2D eigenvalue weighted by Crippen LogP contribution is 2.23. The molecule has 6 heteroatoms. The van der Waals surface area contributed by atoms with Crippen molar-refractivity contribution in [3.8, 4) is 0 Å². The number of anilines is 1. The Kier molecular flexibility index (Phi) is 4.65. The van der Waals surface area contributed by atoms with Crippen molar-refractivity contribution in [2.45, 2.75) is 10.3 Å². The number of hydrogen-bond donors (Lipinski definition) is 1. The lowest BCUT2D eigenvalue weighted by atomic mass is 10.1. The molecule has 0 bridgehead atoms. The largest absolute Gasteiger partial charge is 0.324 e. The number of rotatable bonds is 4. The summed E-state index contributed by atoms with van der Waals surface area (Å²) in [5.41, 5.74) is 1.07. The summed E-state index contributed by atoms with van der Waals surface area (Å²) in [5, 5.41) is 1.78. The van der Waals surface area contributed by atoms with E-state index in [1.165, 1.54) is 12.1 Å². The highest BCUT2D eigenvalue weighted by molar-refractivity contribution is 7.90. The van der Waals surface area contributed by atoms with Gasteiger partial charge in [0.2, 0.25) is 5.91 Å². The maximum atomic E-state index is 12.1. The molecule has 4 nitrogen and oxygen atoms in total. The highest BCUT2D eigenvalue weighted by atomic mass is 35.5. The predicted octanol–water partition coefficient (Wildman–Crippen LogP) is 3.01. The molecule has 110 valence electrons. The third-order valence-corrected chi connectivity index (χ3v) is 4.41. The molecule has 0 aromatic heterocycles. The molecular weight excluding hydrogens is 310 g/mol. The van der Waals surface area contributed by atoms with Gasteiger partial charge in [-0.1, -0.05) is 36.4 Å². The van der Waals surface area contributed by atoms with Crippen LogP contribution < -0.4 is 5.32 Å². The van der Waals surface area contributed by atoms with Crippen LogP contribution in [0.4, 0.5) is 5.69 Å². The third kappa shape index (κ3) is 4.06. The zero-order valence-corrected chi connectivity index (χ0v) is 12.9. The first-order chi connectivity index (χ1) is 9.88. The van der Waals surface area contributed by atoms with Crippen molar-refractivity contribution in [1.82, 2.24) is 0 Å². The van der Waals surface area contributed by atoms with E-state index in [1.54, 1.807) is 36.4 Å². The van der Waals surface area contributed by atoms with E-state index in [-0.39, 0.29) is 4.90 Å². The molecule has 1 amide bonds. The van der Waals surface area contributed by atoms with Gasteiger partial charge in [0.1, 0.15) is 5.38 Å². The van der Waals surface area contributed by atoms with Gasteiger partial charge >= 0.3 is 0 Å². The summed E-state index contributed by atoms with van der Waals surface area (Å²) in [7, 11) is -3.32. The summed E-state index contributed by atoms with van der Waals surface area (Å²) < 4.78 is 23.0. The molecule has 0 fully saturated rings. The number of amides is 1. The topological polar surface area (TPSA) is 63.2 Å². The maximum absolute atomic E-state index is 12.1. The molecule has 1 unspecified atom stereocenters. The number of halogens is 1. The van der Waals surface area contributed by atoms with Gasteiger partial charge in [-0.15, -0.1) is 11.6 Å². The van der Waals surface area contributed by atoms with Gasteiger partial charge in [-0.25, -0.2) is 8.42 Å². The number of carbonyl (C=O) groups is 1. The quantitative estimate of drug-likeness (QED) is 0.880. The minimum atomic E-state index is -3.32. The van der Waals surface area contributed by atoms with Crippen LogP contribution in [0.15, 0.2) is 59.5 Å². The Labute approximate surface area is 128 Å². The van der Waals surface area contributed by atoms with E-state index in [0.29, 0.717) is 11.3 Å². The van der Waals surface area contributed by atoms with Crippen LogP contribution in [0, 0.1) is 0 Å². The fraction of sp³-hybridized carbons (Fsp3) is 0.133. The second kappa shape index (κ2) is 6.28. The molecule has 0 saturated carbocycles. The predicted molar refractivity (Wildman–Crippen MR) is 83.2 cm³/mol. The molecule has 0 aliphatic rings. The lowest BCUT2D eigenvalue weighted by molar-refractivity contribution is -0.116. The molecule has 2 aromatic carbocycles. The first-order valence-corrected chi connectivity index (χ1v) is 8.51. The van der Waals surface area contributed by atoms with E-state index in [1.807, 2.05) is 6.07 Å². The fourth-order valence-corrected chi connectivity index (χ4v) is 2.65. The monoisotopic (exact) mass is 323 g/mol. The molecule has 0 radical (unpaired) electrons. The molecule has 0 heterocycles. The molecule has 2 aromatic rings. The van der Waals surface area contributed by atoms with E-state index in [2.05, 4.69) is 5.32 Å². The number of alkyl halides is 1. The number of benzene rings is 2. The van der Waals surface area contributed by atoms with Crippen LogP contribution in [0.25, 0.3) is 0 Å². The Hall–Kier alpha value is -1.85. The van der Waals surface area contributed by atoms with Crippen molar-refractivity contribution in [2.24, 2.45) is 0 Å². The lowest BCUT2D eigenvalue weighted by Crippen LogP contribution is -2.17. The summed E-state index contributed by atoms with van der Waals surface area (Å²) in [4.78, 5) is 12.2. The third-order valence-electron chi connectivity index (χ3n) is 2.85. The van der Waals surface area contributed by atoms with Crippen LogP contribution in [-0.4, -0.2) is 20.6 Å². The Bertz CT molecular complexity index is 745. The van der Waals surface area contributed by atoms with Crippen LogP contribution in [-0.2, 0) is 14.6 Å². The molecule has 0 saturated heterocycles. The molecule has 0 spiro atoms. The number of carbonyl (C=O) groups excluding carboxylic acids is 1. The van der Waals surface area contributed by atoms with Gasteiger partial charge < -0.3 is 5.32 Å². The van der Waals surface area contributed by atoms with E-state index < -0.39 is 21.1 Å². The standard InChI is InChI=1S/C15H14ClNO3S/c1-21(19,20)13-9-5-8-12(10-13)17-15(18)14(16)11-6-3-2-4-7-11/h2-10,14H,1H3,(H,17,18). The second-order valence-corrected chi connectivity index (χ2v) is 7.01. The Morgan fingerprint density at radius 1 is 1.10 bits per heavy atom. The SMILES string of the molecule is CS(=O)(=O)c1cccc(NC(=O)C(Cl)c2ccccc2)c1. The second-order valence-electron chi connectivity index (χ2n) is 4.56. The van der Waals surface area contributed by atoms with E-state index in [9.17, 15) is 13.2 Å². The maximum Gasteiger partial charge on any atom is 0.246 e. The lowest BCUT2D eigenvalue weighted by Gasteiger charge is -2.11. The van der Waals surface area contributed by atoms with Crippen molar-refractivity contribution in [3.63, 3.8) is 0 Å². The van der Waals surface area contributed by atoms with Gasteiger partial charge in [0.15, 0.2) is 9.84 Å². The van der Waals surface area contributed by atoms with Crippen molar-refractivity contribution in [3.05, 3.63) is 60.2 Å². The molecular formula is C15H14ClNO3S. The molecule has 0 aliphatic carbocycles. The van der Waals surface area contributed by atoms with E-state index >= 15 is 0 Å². The smallest absolute Gasteiger partial charge is 0.246 e. The molecule has 2 rings (SSSR count). The first-order valence-electron chi connectivity index (χ1n) is 6.18. The average molecular weight is 324 g/mol. The van der Waals surface area contributed by atoms with Crippen LogP contribution in [0.2, 0.25) is 0 Å². The van der Waals surface area contributed by atoms with Gasteiger partial charge in [0, 0.05) is 11.9 Å². The summed E-state index contributed by atoms with van der Waals surface area (Å²) in [5.74, 6) is -0.409. The van der Waals surface area contributed by atoms with Crippen LogP contribution in [0.3, 0.4) is 0 Å². The minimum absolute atomic E-state index is 0.145. The Balaban J connectivity index is 2.17. The molecule has 1 atom stereocenters. The summed E-state index contributed by atoms with van der Waals surface area (Å²) >= 11 is 6.11. The number of hydrogen-bond acceptors (Lipinski definition) is 3.